The van der Waals surface area contributed by atoms with Gasteiger partial charge in [0.05, 0.1) is 19.0 Å². The monoisotopic (exact) mass is 396 g/mol. The zero-order valence-electron chi connectivity index (χ0n) is 16.6. The van der Waals surface area contributed by atoms with Gasteiger partial charge in [0.1, 0.15) is 0 Å². The van der Waals surface area contributed by atoms with Crippen molar-refractivity contribution in [2.45, 2.75) is 38.9 Å². The van der Waals surface area contributed by atoms with Crippen LogP contribution in [0.25, 0.3) is 0 Å². The largest absolute Gasteiger partial charge is 0.394 e. The van der Waals surface area contributed by atoms with Gasteiger partial charge in [0.15, 0.2) is 0 Å². The van der Waals surface area contributed by atoms with Crippen LogP contribution in [0.5, 0.6) is 0 Å². The highest BCUT2D eigenvalue weighted by molar-refractivity contribution is 5.43. The van der Waals surface area contributed by atoms with Crippen LogP contribution in [0.3, 0.4) is 0 Å². The first-order valence-electron chi connectivity index (χ1n) is 9.87. The highest BCUT2D eigenvalue weighted by Crippen LogP contribution is 2.12. The maximum atomic E-state index is 9.47. The van der Waals surface area contributed by atoms with E-state index in [-0.39, 0.29) is 12.6 Å². The molecular weight excluding hydrogens is 368 g/mol. The smallest absolute Gasteiger partial charge is 0.229 e. The molecule has 0 saturated carbocycles. The molecule has 0 spiro atoms. The fourth-order valence-electron chi connectivity index (χ4n) is 2.72. The molecule has 3 rings (SSSR count). The molecule has 9 nitrogen and oxygen atoms in total. The van der Waals surface area contributed by atoms with Crippen LogP contribution in [-0.4, -0.2) is 48.8 Å². The molecule has 0 aliphatic heterocycles. The lowest BCUT2D eigenvalue weighted by molar-refractivity contribution is 0.271. The Balaban J connectivity index is 1.64. The van der Waals surface area contributed by atoms with Crippen molar-refractivity contribution in [2.75, 3.05) is 29.1 Å². The van der Waals surface area contributed by atoms with Crippen LogP contribution in [-0.2, 0) is 13.1 Å². The lowest BCUT2D eigenvalue weighted by Gasteiger charge is -2.16. The van der Waals surface area contributed by atoms with E-state index in [1.165, 1.54) is 0 Å². The molecule has 0 fully saturated rings. The van der Waals surface area contributed by atoms with Crippen molar-refractivity contribution in [3.8, 4) is 0 Å². The Bertz CT molecular complexity index is 837. The van der Waals surface area contributed by atoms with E-state index >= 15 is 0 Å². The molecule has 0 aliphatic carbocycles. The van der Waals surface area contributed by atoms with Gasteiger partial charge in [-0.15, -0.1) is 0 Å². The topological polar surface area (TPSA) is 113 Å². The van der Waals surface area contributed by atoms with Gasteiger partial charge in [0, 0.05) is 32.0 Å². The van der Waals surface area contributed by atoms with E-state index in [0.717, 1.165) is 31.5 Å². The number of aliphatic hydroxyl groups excluding tert-OH is 1. The van der Waals surface area contributed by atoms with Gasteiger partial charge in [-0.1, -0.05) is 37.3 Å². The number of nitrogens with one attached hydrogen (secondary N) is 3. The summed E-state index contributed by atoms with van der Waals surface area (Å²) in [6.45, 7) is 4.21. The van der Waals surface area contributed by atoms with Gasteiger partial charge < -0.3 is 25.6 Å². The third-order valence-electron chi connectivity index (χ3n) is 4.41. The lowest BCUT2D eigenvalue weighted by atomic mass is 10.2. The predicted octanol–water partition coefficient (Wildman–Crippen LogP) is 2.37. The molecule has 0 aliphatic rings. The van der Waals surface area contributed by atoms with E-state index in [9.17, 15) is 5.11 Å². The quantitative estimate of drug-likeness (QED) is 0.345. The number of hydrogen-bond acceptors (Lipinski definition) is 8. The van der Waals surface area contributed by atoms with Crippen LogP contribution in [0.2, 0.25) is 0 Å². The summed E-state index contributed by atoms with van der Waals surface area (Å²) in [4.78, 5) is 17.4. The summed E-state index contributed by atoms with van der Waals surface area (Å²) in [5, 5.41) is 19.1. The third kappa shape index (κ3) is 6.72. The fraction of sp³-hybridized carbons (Fsp3) is 0.400. The summed E-state index contributed by atoms with van der Waals surface area (Å²) in [6, 6.07) is 9.96. The summed E-state index contributed by atoms with van der Waals surface area (Å²) in [5.74, 6) is 1.42. The molecule has 2 aromatic heterocycles. The van der Waals surface area contributed by atoms with Crippen molar-refractivity contribution in [2.24, 2.45) is 0 Å². The summed E-state index contributed by atoms with van der Waals surface area (Å²) in [6.07, 6.45) is 7.19. The first kappa shape index (κ1) is 20.5. The van der Waals surface area contributed by atoms with Crippen LogP contribution in [0.4, 0.5) is 17.8 Å². The van der Waals surface area contributed by atoms with Crippen molar-refractivity contribution in [1.82, 2.24) is 24.5 Å². The number of nitrogens with zero attached hydrogens (tertiary/aromatic N) is 5. The van der Waals surface area contributed by atoms with Gasteiger partial charge in [-0.25, -0.2) is 4.98 Å². The molecule has 0 radical (unpaired) electrons. The van der Waals surface area contributed by atoms with Crippen molar-refractivity contribution >= 4 is 17.8 Å². The Kier molecular flexibility index (Phi) is 7.76. The van der Waals surface area contributed by atoms with Gasteiger partial charge in [-0.3, -0.25) is 0 Å². The van der Waals surface area contributed by atoms with Gasteiger partial charge in [-0.2, -0.15) is 15.0 Å². The van der Waals surface area contributed by atoms with Crippen molar-refractivity contribution in [3.05, 3.63) is 54.6 Å². The fourth-order valence-corrected chi connectivity index (χ4v) is 2.72. The van der Waals surface area contributed by atoms with E-state index in [1.807, 2.05) is 48.0 Å². The van der Waals surface area contributed by atoms with Crippen LogP contribution >= 0.6 is 0 Å². The average molecular weight is 396 g/mol. The Hall–Kier alpha value is -3.20. The van der Waals surface area contributed by atoms with Crippen LogP contribution in [0, 0.1) is 0 Å². The number of aliphatic hydroxyl groups is 1. The summed E-state index contributed by atoms with van der Waals surface area (Å²) in [5.41, 5.74) is 1.14. The van der Waals surface area contributed by atoms with Gasteiger partial charge in [0.25, 0.3) is 0 Å². The van der Waals surface area contributed by atoms with Gasteiger partial charge in [-0.05, 0) is 18.4 Å². The van der Waals surface area contributed by atoms with Crippen LogP contribution < -0.4 is 16.0 Å². The first-order chi connectivity index (χ1) is 14.3. The van der Waals surface area contributed by atoms with Crippen molar-refractivity contribution in [1.29, 1.82) is 0 Å². The number of aromatic nitrogens is 5. The summed E-state index contributed by atoms with van der Waals surface area (Å²) < 4.78 is 2.03. The zero-order chi connectivity index (χ0) is 20.3. The number of aryl methyl sites for hydroxylation is 1. The predicted molar refractivity (Wildman–Crippen MR) is 114 cm³/mol. The molecule has 0 saturated heterocycles. The molecule has 1 atom stereocenters. The minimum Gasteiger partial charge on any atom is -0.394 e. The Morgan fingerprint density at radius 1 is 1.03 bits per heavy atom. The van der Waals surface area contributed by atoms with E-state index < -0.39 is 0 Å². The van der Waals surface area contributed by atoms with E-state index in [1.54, 1.807) is 12.5 Å². The molecule has 154 valence electrons. The molecule has 0 bridgehead atoms. The second-order valence-electron chi connectivity index (χ2n) is 6.66. The van der Waals surface area contributed by atoms with Gasteiger partial charge >= 0.3 is 0 Å². The number of benzene rings is 1. The molecule has 9 heteroatoms. The van der Waals surface area contributed by atoms with E-state index in [4.69, 9.17) is 0 Å². The lowest BCUT2D eigenvalue weighted by Crippen LogP contribution is -2.25. The number of anilines is 3. The summed E-state index contributed by atoms with van der Waals surface area (Å²) >= 11 is 0. The highest BCUT2D eigenvalue weighted by Gasteiger charge is 2.10. The minimum atomic E-state index is -0.103. The number of hydrogen-bond donors (Lipinski definition) is 4. The molecule has 4 N–H and O–H groups in total. The molecule has 29 heavy (non-hydrogen) atoms. The van der Waals surface area contributed by atoms with Gasteiger partial charge in [0.2, 0.25) is 17.8 Å². The standard InChI is InChI=1S/C20H28N8O/c1-2-17(14-29)24-20-26-18(22-9-6-11-28-12-10-21-15-28)25-19(27-20)23-13-16-7-4-3-5-8-16/h3-5,7-8,10,12,15,17,29H,2,6,9,11,13-14H2,1H3,(H3,22,23,24,25,26,27)/t17-/m1/s1. The molecule has 1 aromatic carbocycles. The molecule has 2 heterocycles. The first-order valence-corrected chi connectivity index (χ1v) is 9.87. The molecule has 0 unspecified atom stereocenters. The second-order valence-corrected chi connectivity index (χ2v) is 6.66. The summed E-state index contributed by atoms with van der Waals surface area (Å²) in [7, 11) is 0. The third-order valence-corrected chi connectivity index (χ3v) is 4.41. The highest BCUT2D eigenvalue weighted by atomic mass is 16.3. The minimum absolute atomic E-state index is 0.0165. The molecular formula is C20H28N8O. The van der Waals surface area contributed by atoms with Crippen LogP contribution in [0.1, 0.15) is 25.3 Å². The van der Waals surface area contributed by atoms with Crippen LogP contribution in [0.15, 0.2) is 49.1 Å². The zero-order valence-corrected chi connectivity index (χ0v) is 16.6. The molecule has 3 aromatic rings. The Labute approximate surface area is 170 Å². The van der Waals surface area contributed by atoms with Crippen molar-refractivity contribution in [3.63, 3.8) is 0 Å². The van der Waals surface area contributed by atoms with Crippen molar-refractivity contribution < 1.29 is 5.11 Å². The van der Waals surface area contributed by atoms with E-state index in [2.05, 4.69) is 35.9 Å². The Morgan fingerprint density at radius 3 is 2.48 bits per heavy atom. The average Bonchev–Trinajstić information content (AvgIpc) is 3.28. The number of rotatable bonds is 12. The number of imidazole rings is 1. The SMILES string of the molecule is CC[C@H](CO)Nc1nc(NCCCn2ccnc2)nc(NCc2ccccc2)n1. The van der Waals surface area contributed by atoms with E-state index in [0.29, 0.717) is 24.4 Å². The maximum absolute atomic E-state index is 9.47. The Morgan fingerprint density at radius 2 is 1.79 bits per heavy atom. The normalized spacial score (nSPS) is 11.8. The maximum Gasteiger partial charge on any atom is 0.229 e. The second kappa shape index (κ2) is 11.0. The molecule has 0 amide bonds.